The van der Waals surface area contributed by atoms with Crippen LogP contribution in [0.25, 0.3) is 0 Å². The number of hydrogen-bond donors (Lipinski definition) is 2. The molecule has 0 saturated carbocycles. The van der Waals surface area contributed by atoms with Gasteiger partial charge in [-0.15, -0.1) is 0 Å². The molecule has 0 radical (unpaired) electrons. The van der Waals surface area contributed by atoms with Crippen LogP contribution in [0.5, 0.6) is 0 Å². The van der Waals surface area contributed by atoms with Gasteiger partial charge in [-0.2, -0.15) is 0 Å². The zero-order chi connectivity index (χ0) is 14.4. The van der Waals surface area contributed by atoms with Crippen molar-refractivity contribution in [2.45, 2.75) is 32.9 Å². The molecule has 1 aromatic carbocycles. The van der Waals surface area contributed by atoms with Gasteiger partial charge in [0.15, 0.2) is 0 Å². The molecule has 1 amide bonds. The zero-order valence-corrected chi connectivity index (χ0v) is 12.3. The fraction of sp³-hybridized carbons (Fsp3) is 0.533. The highest BCUT2D eigenvalue weighted by Gasteiger charge is 2.19. The molecule has 0 fully saturated rings. The first kappa shape index (κ1) is 15.7. The fourth-order valence-electron chi connectivity index (χ4n) is 1.80. The van der Waals surface area contributed by atoms with Crippen LogP contribution in [0.3, 0.4) is 0 Å². The highest BCUT2D eigenvalue weighted by Crippen LogP contribution is 2.13. The van der Waals surface area contributed by atoms with Crippen molar-refractivity contribution in [1.29, 1.82) is 0 Å². The van der Waals surface area contributed by atoms with Gasteiger partial charge in [-0.1, -0.05) is 32.4 Å². The van der Waals surface area contributed by atoms with Crippen LogP contribution in [0.2, 0.25) is 0 Å². The van der Waals surface area contributed by atoms with E-state index in [2.05, 4.69) is 10.2 Å². The summed E-state index contributed by atoms with van der Waals surface area (Å²) < 4.78 is 0. The van der Waals surface area contributed by atoms with Gasteiger partial charge in [-0.3, -0.25) is 4.79 Å². The average molecular weight is 263 g/mol. The van der Waals surface area contributed by atoms with Crippen LogP contribution in [0.4, 0.5) is 5.69 Å². The fourth-order valence-corrected chi connectivity index (χ4v) is 1.80. The van der Waals surface area contributed by atoms with Gasteiger partial charge in [0.2, 0.25) is 5.91 Å². The lowest BCUT2D eigenvalue weighted by Crippen LogP contribution is -2.40. The lowest BCUT2D eigenvalue weighted by atomic mass is 9.99. The first-order valence-electron chi connectivity index (χ1n) is 6.74. The maximum Gasteiger partial charge on any atom is 0.241 e. The molecule has 3 N–H and O–H groups in total. The number of rotatable bonds is 6. The highest BCUT2D eigenvalue weighted by atomic mass is 16.2. The Kier molecular flexibility index (Phi) is 5.99. The Morgan fingerprint density at radius 2 is 1.89 bits per heavy atom. The quantitative estimate of drug-likeness (QED) is 0.826. The molecule has 0 heterocycles. The summed E-state index contributed by atoms with van der Waals surface area (Å²) in [5.74, 6) is 0.0720. The summed E-state index contributed by atoms with van der Waals surface area (Å²) in [6, 6.07) is 7.42. The summed E-state index contributed by atoms with van der Waals surface area (Å²) >= 11 is 0. The summed E-state index contributed by atoms with van der Waals surface area (Å²) in [7, 11) is 4.06. The van der Waals surface area contributed by atoms with E-state index in [1.165, 1.54) is 5.56 Å². The number of nitrogens with two attached hydrogens (primary N) is 1. The molecule has 0 saturated heterocycles. The lowest BCUT2D eigenvalue weighted by Gasteiger charge is -2.18. The highest BCUT2D eigenvalue weighted by molar-refractivity contribution is 5.94. The van der Waals surface area contributed by atoms with Gasteiger partial charge in [-0.05, 0) is 37.7 Å². The maximum absolute atomic E-state index is 11.9. The molecule has 0 aliphatic heterocycles. The van der Waals surface area contributed by atoms with Gasteiger partial charge in [-0.25, -0.2) is 0 Å². The lowest BCUT2D eigenvalue weighted by molar-refractivity contribution is -0.118. The second-order valence-electron chi connectivity index (χ2n) is 5.34. The molecular formula is C15H25N3O. The van der Waals surface area contributed by atoms with Crippen molar-refractivity contribution in [3.05, 3.63) is 29.8 Å². The Morgan fingerprint density at radius 1 is 1.32 bits per heavy atom. The topological polar surface area (TPSA) is 58.4 Å². The molecule has 0 bridgehead atoms. The largest absolute Gasteiger partial charge is 0.325 e. The van der Waals surface area contributed by atoms with Gasteiger partial charge in [0, 0.05) is 12.2 Å². The van der Waals surface area contributed by atoms with Crippen LogP contribution >= 0.6 is 0 Å². The van der Waals surface area contributed by atoms with Crippen molar-refractivity contribution in [2.75, 3.05) is 19.4 Å². The van der Waals surface area contributed by atoms with E-state index in [0.717, 1.165) is 18.7 Å². The van der Waals surface area contributed by atoms with Crippen molar-refractivity contribution >= 4 is 11.6 Å². The van der Waals surface area contributed by atoms with E-state index in [4.69, 9.17) is 5.73 Å². The molecular weight excluding hydrogens is 238 g/mol. The number of nitrogens with one attached hydrogen (secondary N) is 1. The summed E-state index contributed by atoms with van der Waals surface area (Å²) in [5, 5.41) is 2.86. The molecule has 1 rings (SSSR count). The Hall–Kier alpha value is -1.39. The molecule has 1 unspecified atom stereocenters. The van der Waals surface area contributed by atoms with Crippen LogP contribution in [0.1, 0.15) is 25.8 Å². The Balaban J connectivity index is 2.60. The summed E-state index contributed by atoms with van der Waals surface area (Å²) in [4.78, 5) is 14.0. The Labute approximate surface area is 116 Å². The van der Waals surface area contributed by atoms with E-state index in [1.807, 2.05) is 52.2 Å². The van der Waals surface area contributed by atoms with Crippen LogP contribution in [-0.4, -0.2) is 30.9 Å². The molecule has 0 spiro atoms. The van der Waals surface area contributed by atoms with Crippen molar-refractivity contribution in [1.82, 2.24) is 4.90 Å². The molecule has 4 nitrogen and oxygen atoms in total. The van der Waals surface area contributed by atoms with Crippen molar-refractivity contribution in [2.24, 2.45) is 11.7 Å². The number of anilines is 1. The number of nitrogens with zero attached hydrogens (tertiary/aromatic N) is 1. The summed E-state index contributed by atoms with van der Waals surface area (Å²) in [6.07, 6.45) is 0.899. The van der Waals surface area contributed by atoms with Gasteiger partial charge in [0.25, 0.3) is 0 Å². The molecule has 19 heavy (non-hydrogen) atoms. The Morgan fingerprint density at radius 3 is 2.37 bits per heavy atom. The second kappa shape index (κ2) is 7.26. The predicted octanol–water partition coefficient (Wildman–Crippen LogP) is 2.06. The maximum atomic E-state index is 11.9. The third-order valence-electron chi connectivity index (χ3n) is 3.28. The van der Waals surface area contributed by atoms with Crippen molar-refractivity contribution in [3.63, 3.8) is 0 Å². The number of hydrogen-bond acceptors (Lipinski definition) is 3. The van der Waals surface area contributed by atoms with E-state index in [0.29, 0.717) is 0 Å². The van der Waals surface area contributed by atoms with Gasteiger partial charge in [0.05, 0.1) is 6.04 Å². The normalized spacial score (nSPS) is 14.2. The van der Waals surface area contributed by atoms with Crippen molar-refractivity contribution in [3.8, 4) is 0 Å². The minimum Gasteiger partial charge on any atom is -0.325 e. The Bertz CT molecular complexity index is 400. The van der Waals surface area contributed by atoms with Gasteiger partial charge < -0.3 is 16.0 Å². The first-order valence-corrected chi connectivity index (χ1v) is 6.74. The molecule has 106 valence electrons. The van der Waals surface area contributed by atoms with E-state index >= 15 is 0 Å². The monoisotopic (exact) mass is 263 g/mol. The number of carbonyl (C=O) groups excluding carboxylic acids is 1. The standard InChI is InChI=1S/C15H25N3O/c1-5-11(2)14(16)15(19)17-13-8-6-12(7-9-13)10-18(3)4/h6-9,11,14H,5,10,16H2,1-4H3,(H,17,19)/t11?,14-/m0/s1. The predicted molar refractivity (Wildman–Crippen MR) is 79.9 cm³/mol. The van der Waals surface area contributed by atoms with Crippen LogP contribution in [0, 0.1) is 5.92 Å². The SMILES string of the molecule is CCC(C)[C@H](N)C(=O)Nc1ccc(CN(C)C)cc1. The van der Waals surface area contributed by atoms with E-state index in [-0.39, 0.29) is 11.8 Å². The van der Waals surface area contributed by atoms with Crippen LogP contribution in [-0.2, 0) is 11.3 Å². The summed E-state index contributed by atoms with van der Waals surface area (Å²) in [6.45, 7) is 4.92. The second-order valence-corrected chi connectivity index (χ2v) is 5.34. The average Bonchev–Trinajstić information content (AvgIpc) is 2.38. The molecule has 0 aliphatic rings. The summed E-state index contributed by atoms with van der Waals surface area (Å²) in [5.41, 5.74) is 7.91. The van der Waals surface area contributed by atoms with Gasteiger partial charge in [0.1, 0.15) is 0 Å². The third-order valence-corrected chi connectivity index (χ3v) is 3.28. The van der Waals surface area contributed by atoms with E-state index in [1.54, 1.807) is 0 Å². The molecule has 2 atom stereocenters. The van der Waals surface area contributed by atoms with Gasteiger partial charge >= 0.3 is 0 Å². The smallest absolute Gasteiger partial charge is 0.241 e. The number of amides is 1. The third kappa shape index (κ3) is 5.01. The minimum atomic E-state index is -0.452. The molecule has 0 aliphatic carbocycles. The number of carbonyl (C=O) groups is 1. The van der Waals surface area contributed by atoms with E-state index in [9.17, 15) is 4.79 Å². The van der Waals surface area contributed by atoms with Crippen LogP contribution in [0.15, 0.2) is 24.3 Å². The van der Waals surface area contributed by atoms with Crippen molar-refractivity contribution < 1.29 is 4.79 Å². The number of benzene rings is 1. The first-order chi connectivity index (χ1) is 8.93. The van der Waals surface area contributed by atoms with E-state index < -0.39 is 6.04 Å². The molecule has 4 heteroatoms. The molecule has 1 aromatic rings. The zero-order valence-electron chi connectivity index (χ0n) is 12.3. The van der Waals surface area contributed by atoms with Crippen LogP contribution < -0.4 is 11.1 Å². The minimum absolute atomic E-state index is 0.116. The molecule has 0 aromatic heterocycles.